The molecule has 98 valence electrons. The highest BCUT2D eigenvalue weighted by Crippen LogP contribution is 2.31. The third-order valence-electron chi connectivity index (χ3n) is 3.23. The number of hydrogen-bond donors (Lipinski definition) is 1. The molecule has 1 aromatic rings. The van der Waals surface area contributed by atoms with E-state index in [9.17, 15) is 14.3 Å². The van der Waals surface area contributed by atoms with Crippen molar-refractivity contribution in [3.8, 4) is 5.75 Å². The van der Waals surface area contributed by atoms with Crippen LogP contribution in [-0.2, 0) is 0 Å². The van der Waals surface area contributed by atoms with Crippen molar-refractivity contribution < 1.29 is 14.3 Å². The van der Waals surface area contributed by atoms with Gasteiger partial charge in [-0.2, -0.15) is 0 Å². The smallest absolute Gasteiger partial charge is 0.257 e. The zero-order chi connectivity index (χ0) is 13.3. The van der Waals surface area contributed by atoms with Crippen molar-refractivity contribution in [1.82, 2.24) is 4.90 Å². The molecule has 0 aromatic heterocycles. The molecule has 0 atom stereocenters. The summed E-state index contributed by atoms with van der Waals surface area (Å²) in [5, 5.41) is 9.67. The van der Waals surface area contributed by atoms with Gasteiger partial charge in [0, 0.05) is 12.6 Å². The van der Waals surface area contributed by atoms with Gasteiger partial charge in [-0.05, 0) is 50.8 Å². The number of hydrogen-bond acceptors (Lipinski definition) is 2. The predicted molar refractivity (Wildman–Crippen MR) is 67.0 cm³/mol. The van der Waals surface area contributed by atoms with Crippen molar-refractivity contribution in [2.45, 2.75) is 32.7 Å². The fraction of sp³-hybridized carbons (Fsp3) is 0.500. The van der Waals surface area contributed by atoms with Crippen LogP contribution in [0.2, 0.25) is 0 Å². The van der Waals surface area contributed by atoms with Crippen molar-refractivity contribution in [1.29, 1.82) is 0 Å². The SMILES string of the molecule is CC(C)N(CC1CC1)C(=O)c1cc(F)ccc1O. The average molecular weight is 251 g/mol. The summed E-state index contributed by atoms with van der Waals surface area (Å²) in [6, 6.07) is 3.51. The molecule has 0 radical (unpaired) electrons. The predicted octanol–water partition coefficient (Wildman–Crippen LogP) is 2.79. The average Bonchev–Trinajstić information content (AvgIpc) is 3.12. The van der Waals surface area contributed by atoms with Crippen LogP contribution >= 0.6 is 0 Å². The van der Waals surface area contributed by atoms with Crippen molar-refractivity contribution >= 4 is 5.91 Å². The van der Waals surface area contributed by atoms with Crippen LogP contribution in [0.25, 0.3) is 0 Å². The second kappa shape index (κ2) is 4.96. The van der Waals surface area contributed by atoms with E-state index in [-0.39, 0.29) is 23.3 Å². The molecular formula is C14H18FNO2. The van der Waals surface area contributed by atoms with E-state index in [1.54, 1.807) is 4.90 Å². The molecule has 0 bridgehead atoms. The summed E-state index contributed by atoms with van der Waals surface area (Å²) >= 11 is 0. The largest absolute Gasteiger partial charge is 0.507 e. The van der Waals surface area contributed by atoms with Gasteiger partial charge in [0.1, 0.15) is 11.6 Å². The van der Waals surface area contributed by atoms with E-state index >= 15 is 0 Å². The standard InChI is InChI=1S/C14H18FNO2/c1-9(2)16(8-10-3-4-10)14(18)12-7-11(15)5-6-13(12)17/h5-7,9-10,17H,3-4,8H2,1-2H3. The van der Waals surface area contributed by atoms with Gasteiger partial charge >= 0.3 is 0 Å². The number of amides is 1. The van der Waals surface area contributed by atoms with Crippen LogP contribution in [-0.4, -0.2) is 28.5 Å². The summed E-state index contributed by atoms with van der Waals surface area (Å²) < 4.78 is 13.2. The Bertz CT molecular complexity index is 455. The molecule has 0 saturated heterocycles. The maximum absolute atomic E-state index is 13.2. The summed E-state index contributed by atoms with van der Waals surface area (Å²) in [4.78, 5) is 14.0. The normalized spacial score (nSPS) is 14.9. The van der Waals surface area contributed by atoms with E-state index in [0.29, 0.717) is 12.5 Å². The van der Waals surface area contributed by atoms with Crippen LogP contribution in [0.4, 0.5) is 4.39 Å². The van der Waals surface area contributed by atoms with E-state index < -0.39 is 5.82 Å². The van der Waals surface area contributed by atoms with E-state index in [2.05, 4.69) is 0 Å². The second-order valence-electron chi connectivity index (χ2n) is 5.16. The lowest BCUT2D eigenvalue weighted by molar-refractivity contribution is 0.0692. The molecule has 1 aliphatic carbocycles. The van der Waals surface area contributed by atoms with Gasteiger partial charge in [0.2, 0.25) is 0 Å². The highest BCUT2D eigenvalue weighted by molar-refractivity contribution is 5.97. The van der Waals surface area contributed by atoms with Crippen molar-refractivity contribution in [3.63, 3.8) is 0 Å². The second-order valence-corrected chi connectivity index (χ2v) is 5.16. The molecule has 1 fully saturated rings. The van der Waals surface area contributed by atoms with Crippen molar-refractivity contribution in [3.05, 3.63) is 29.6 Å². The first kappa shape index (κ1) is 12.9. The maximum atomic E-state index is 13.2. The Balaban J connectivity index is 2.23. The van der Waals surface area contributed by atoms with Gasteiger partial charge in [0.15, 0.2) is 0 Å². The molecular weight excluding hydrogens is 233 g/mol. The fourth-order valence-corrected chi connectivity index (χ4v) is 1.94. The van der Waals surface area contributed by atoms with E-state index in [1.807, 2.05) is 13.8 Å². The minimum absolute atomic E-state index is 0.0424. The van der Waals surface area contributed by atoms with Crippen molar-refractivity contribution in [2.75, 3.05) is 6.54 Å². The van der Waals surface area contributed by atoms with Crippen LogP contribution in [0.15, 0.2) is 18.2 Å². The van der Waals surface area contributed by atoms with Crippen molar-refractivity contribution in [2.24, 2.45) is 5.92 Å². The van der Waals surface area contributed by atoms with Gasteiger partial charge in [0.05, 0.1) is 5.56 Å². The van der Waals surface area contributed by atoms with Crippen LogP contribution in [0.1, 0.15) is 37.0 Å². The van der Waals surface area contributed by atoms with Gasteiger partial charge in [-0.3, -0.25) is 4.79 Å². The number of rotatable bonds is 4. The quantitative estimate of drug-likeness (QED) is 0.894. The molecule has 18 heavy (non-hydrogen) atoms. The number of nitrogens with zero attached hydrogens (tertiary/aromatic N) is 1. The topological polar surface area (TPSA) is 40.5 Å². The highest BCUT2D eigenvalue weighted by atomic mass is 19.1. The van der Waals surface area contributed by atoms with Crippen LogP contribution in [0, 0.1) is 11.7 Å². The molecule has 1 N–H and O–H groups in total. The zero-order valence-electron chi connectivity index (χ0n) is 10.7. The Kier molecular flexibility index (Phi) is 3.55. The van der Waals surface area contributed by atoms with Gasteiger partial charge in [0.25, 0.3) is 5.91 Å². The molecule has 0 heterocycles. The van der Waals surface area contributed by atoms with E-state index in [4.69, 9.17) is 0 Å². The molecule has 0 aliphatic heterocycles. The lowest BCUT2D eigenvalue weighted by Crippen LogP contribution is -2.38. The first-order valence-corrected chi connectivity index (χ1v) is 6.28. The molecule has 4 heteroatoms. The Morgan fingerprint density at radius 2 is 2.17 bits per heavy atom. The number of carbonyl (C=O) groups is 1. The summed E-state index contributed by atoms with van der Waals surface area (Å²) in [5.74, 6) is -0.407. The number of benzene rings is 1. The third-order valence-corrected chi connectivity index (χ3v) is 3.23. The summed E-state index contributed by atoms with van der Waals surface area (Å²) in [6.07, 6.45) is 2.29. The molecule has 1 amide bonds. The summed E-state index contributed by atoms with van der Waals surface area (Å²) in [6.45, 7) is 4.54. The minimum Gasteiger partial charge on any atom is -0.507 e. The van der Waals surface area contributed by atoms with Gasteiger partial charge in [-0.1, -0.05) is 0 Å². The van der Waals surface area contributed by atoms with E-state index in [1.165, 1.54) is 6.07 Å². The number of halogens is 1. The monoisotopic (exact) mass is 251 g/mol. The highest BCUT2D eigenvalue weighted by Gasteiger charge is 2.29. The molecule has 1 saturated carbocycles. The lowest BCUT2D eigenvalue weighted by Gasteiger charge is -2.27. The first-order chi connectivity index (χ1) is 8.49. The molecule has 1 aromatic carbocycles. The Morgan fingerprint density at radius 3 is 2.72 bits per heavy atom. The molecule has 2 rings (SSSR count). The van der Waals surface area contributed by atoms with Gasteiger partial charge in [-0.25, -0.2) is 4.39 Å². The van der Waals surface area contributed by atoms with E-state index in [0.717, 1.165) is 25.0 Å². The number of carbonyl (C=O) groups excluding carboxylic acids is 1. The Labute approximate surface area is 106 Å². The number of aromatic hydroxyl groups is 1. The van der Waals surface area contributed by atoms with Crippen LogP contribution < -0.4 is 0 Å². The third kappa shape index (κ3) is 2.81. The molecule has 3 nitrogen and oxygen atoms in total. The Hall–Kier alpha value is -1.58. The fourth-order valence-electron chi connectivity index (χ4n) is 1.94. The Morgan fingerprint density at radius 1 is 1.50 bits per heavy atom. The van der Waals surface area contributed by atoms with Crippen LogP contribution in [0.3, 0.4) is 0 Å². The summed E-state index contributed by atoms with van der Waals surface area (Å²) in [7, 11) is 0. The molecule has 0 spiro atoms. The van der Waals surface area contributed by atoms with Gasteiger partial charge < -0.3 is 10.0 Å². The lowest BCUT2D eigenvalue weighted by atomic mass is 10.1. The molecule has 0 unspecified atom stereocenters. The first-order valence-electron chi connectivity index (χ1n) is 6.28. The maximum Gasteiger partial charge on any atom is 0.257 e. The van der Waals surface area contributed by atoms with Crippen LogP contribution in [0.5, 0.6) is 5.75 Å². The summed E-state index contributed by atoms with van der Waals surface area (Å²) in [5.41, 5.74) is 0.0457. The number of phenolic OH excluding ortho intramolecular Hbond substituents is 1. The zero-order valence-corrected chi connectivity index (χ0v) is 10.7. The number of phenols is 1. The minimum atomic E-state index is -0.508. The van der Waals surface area contributed by atoms with Gasteiger partial charge in [-0.15, -0.1) is 0 Å². The molecule has 1 aliphatic rings.